The maximum atomic E-state index is 12.5. The molecule has 0 heterocycles. The van der Waals surface area contributed by atoms with Crippen molar-refractivity contribution in [1.29, 1.82) is 0 Å². The number of para-hydroxylation sites is 1. The third-order valence-corrected chi connectivity index (χ3v) is 4.22. The number of nitrogens with one attached hydrogen (secondary N) is 2. The quantitative estimate of drug-likeness (QED) is 0.669. The van der Waals surface area contributed by atoms with E-state index in [-0.39, 0.29) is 5.91 Å². The van der Waals surface area contributed by atoms with Crippen molar-refractivity contribution in [2.75, 3.05) is 17.7 Å². The van der Waals surface area contributed by atoms with Crippen molar-refractivity contribution in [1.82, 2.24) is 0 Å². The van der Waals surface area contributed by atoms with Crippen molar-refractivity contribution in [2.45, 2.75) is 13.5 Å². The highest BCUT2D eigenvalue weighted by molar-refractivity contribution is 6.05. The fourth-order valence-corrected chi connectivity index (χ4v) is 2.71. The third kappa shape index (κ3) is 4.22. The zero-order chi connectivity index (χ0) is 18.4. The van der Waals surface area contributed by atoms with Crippen molar-refractivity contribution < 1.29 is 9.53 Å². The molecule has 0 aromatic heterocycles. The number of aryl methyl sites for hydroxylation is 1. The van der Waals surface area contributed by atoms with E-state index < -0.39 is 0 Å². The number of ether oxygens (including phenoxy) is 1. The van der Waals surface area contributed by atoms with Crippen molar-refractivity contribution in [3.05, 3.63) is 89.5 Å². The lowest BCUT2D eigenvalue weighted by Gasteiger charge is -2.14. The van der Waals surface area contributed by atoms with E-state index in [1.165, 1.54) is 11.1 Å². The average molecular weight is 346 g/mol. The predicted molar refractivity (Wildman–Crippen MR) is 106 cm³/mol. The van der Waals surface area contributed by atoms with Gasteiger partial charge in [0.05, 0.1) is 12.8 Å². The summed E-state index contributed by atoms with van der Waals surface area (Å²) < 4.78 is 5.42. The minimum absolute atomic E-state index is 0.155. The molecule has 0 saturated heterocycles. The molecule has 0 atom stereocenters. The lowest BCUT2D eigenvalue weighted by molar-refractivity contribution is 0.102. The molecule has 0 fully saturated rings. The maximum absolute atomic E-state index is 12.5. The van der Waals surface area contributed by atoms with Crippen molar-refractivity contribution in [2.24, 2.45) is 0 Å². The number of hydrogen-bond acceptors (Lipinski definition) is 3. The van der Waals surface area contributed by atoms with Gasteiger partial charge in [-0.15, -0.1) is 0 Å². The van der Waals surface area contributed by atoms with E-state index in [1.54, 1.807) is 19.2 Å². The molecule has 1 amide bonds. The first kappa shape index (κ1) is 17.5. The van der Waals surface area contributed by atoms with Crippen LogP contribution >= 0.6 is 0 Å². The summed E-state index contributed by atoms with van der Waals surface area (Å²) >= 11 is 0. The molecular weight excluding hydrogens is 324 g/mol. The van der Waals surface area contributed by atoms with Crippen LogP contribution in [0.2, 0.25) is 0 Å². The van der Waals surface area contributed by atoms with E-state index in [0.29, 0.717) is 17.9 Å². The number of carbonyl (C=O) groups is 1. The molecule has 0 spiro atoms. The highest BCUT2D eigenvalue weighted by atomic mass is 16.5. The van der Waals surface area contributed by atoms with Gasteiger partial charge in [0.2, 0.25) is 0 Å². The first-order chi connectivity index (χ1) is 12.7. The lowest BCUT2D eigenvalue weighted by Crippen LogP contribution is -2.12. The molecule has 4 nitrogen and oxygen atoms in total. The topological polar surface area (TPSA) is 50.4 Å². The van der Waals surface area contributed by atoms with Crippen molar-refractivity contribution in [3.63, 3.8) is 0 Å². The fraction of sp³-hybridized carbons (Fsp3) is 0.136. The lowest BCUT2D eigenvalue weighted by atomic mass is 10.1. The molecule has 0 bridgehead atoms. The monoisotopic (exact) mass is 346 g/mol. The Morgan fingerprint density at radius 2 is 1.69 bits per heavy atom. The first-order valence-corrected chi connectivity index (χ1v) is 8.50. The number of methoxy groups -OCH3 is 1. The van der Waals surface area contributed by atoms with Crippen LogP contribution in [0.3, 0.4) is 0 Å². The van der Waals surface area contributed by atoms with Gasteiger partial charge in [-0.2, -0.15) is 0 Å². The standard InChI is InChI=1S/C22H22N2O2/c1-16-8-6-7-9-18(16)15-23-20-14-17(12-13-21(20)26-2)22(25)24-19-10-4-3-5-11-19/h3-14,23H,15H2,1-2H3,(H,24,25). The molecule has 4 heteroatoms. The smallest absolute Gasteiger partial charge is 0.255 e. The molecule has 0 aliphatic heterocycles. The molecule has 3 aromatic carbocycles. The normalized spacial score (nSPS) is 10.2. The zero-order valence-corrected chi connectivity index (χ0v) is 15.0. The first-order valence-electron chi connectivity index (χ1n) is 8.50. The van der Waals surface area contributed by atoms with Gasteiger partial charge in [0.1, 0.15) is 5.75 Å². The molecule has 0 saturated carbocycles. The zero-order valence-electron chi connectivity index (χ0n) is 15.0. The predicted octanol–water partition coefficient (Wildman–Crippen LogP) is 4.87. The van der Waals surface area contributed by atoms with Gasteiger partial charge < -0.3 is 15.4 Å². The van der Waals surface area contributed by atoms with Crippen molar-refractivity contribution in [3.8, 4) is 5.75 Å². The summed E-state index contributed by atoms with van der Waals surface area (Å²) in [7, 11) is 1.62. The largest absolute Gasteiger partial charge is 0.495 e. The van der Waals surface area contributed by atoms with Crippen LogP contribution in [-0.2, 0) is 6.54 Å². The van der Waals surface area contributed by atoms with Gasteiger partial charge in [-0.25, -0.2) is 0 Å². The van der Waals surface area contributed by atoms with Gasteiger partial charge >= 0.3 is 0 Å². The van der Waals surface area contributed by atoms with Gasteiger partial charge in [0.15, 0.2) is 0 Å². The molecule has 0 radical (unpaired) electrons. The van der Waals surface area contributed by atoms with E-state index in [9.17, 15) is 4.79 Å². The summed E-state index contributed by atoms with van der Waals surface area (Å²) in [5, 5.41) is 6.27. The van der Waals surface area contributed by atoms with Gasteiger partial charge in [0.25, 0.3) is 5.91 Å². The number of rotatable bonds is 6. The van der Waals surface area contributed by atoms with Gasteiger partial charge in [-0.05, 0) is 48.4 Å². The van der Waals surface area contributed by atoms with Crippen LogP contribution in [-0.4, -0.2) is 13.0 Å². The number of carbonyl (C=O) groups excluding carboxylic acids is 1. The Kier molecular flexibility index (Phi) is 5.54. The fourth-order valence-electron chi connectivity index (χ4n) is 2.71. The summed E-state index contributed by atoms with van der Waals surface area (Å²) in [5.74, 6) is 0.549. The summed E-state index contributed by atoms with van der Waals surface area (Å²) in [4.78, 5) is 12.5. The Hall–Kier alpha value is -3.27. The Bertz CT molecular complexity index is 892. The number of amides is 1. The molecule has 0 unspecified atom stereocenters. The number of hydrogen-bond donors (Lipinski definition) is 2. The Morgan fingerprint density at radius 1 is 0.962 bits per heavy atom. The van der Waals surface area contributed by atoms with Crippen LogP contribution in [0.15, 0.2) is 72.8 Å². The highest BCUT2D eigenvalue weighted by Crippen LogP contribution is 2.27. The SMILES string of the molecule is COc1ccc(C(=O)Nc2ccccc2)cc1NCc1ccccc1C. The van der Waals surface area contributed by atoms with Gasteiger partial charge in [-0.1, -0.05) is 42.5 Å². The van der Waals surface area contributed by atoms with E-state index in [0.717, 1.165) is 11.4 Å². The molecule has 0 aliphatic rings. The number of benzene rings is 3. The molecule has 2 N–H and O–H groups in total. The van der Waals surface area contributed by atoms with Crippen LogP contribution in [0.25, 0.3) is 0 Å². The molecule has 3 rings (SSSR count). The van der Waals surface area contributed by atoms with Crippen LogP contribution in [0, 0.1) is 6.92 Å². The molecule has 0 aliphatic carbocycles. The Balaban J connectivity index is 1.77. The van der Waals surface area contributed by atoms with E-state index in [1.807, 2.05) is 48.5 Å². The summed E-state index contributed by atoms with van der Waals surface area (Å²) in [5.41, 5.74) is 4.55. The third-order valence-electron chi connectivity index (χ3n) is 4.22. The second kappa shape index (κ2) is 8.21. The second-order valence-corrected chi connectivity index (χ2v) is 6.02. The summed E-state index contributed by atoms with van der Waals surface area (Å²) in [6, 6.07) is 23.0. The van der Waals surface area contributed by atoms with Crippen molar-refractivity contribution >= 4 is 17.3 Å². The maximum Gasteiger partial charge on any atom is 0.255 e. The second-order valence-electron chi connectivity index (χ2n) is 6.02. The summed E-state index contributed by atoms with van der Waals surface area (Å²) in [6.07, 6.45) is 0. The molecule has 26 heavy (non-hydrogen) atoms. The van der Waals surface area contributed by atoms with Crippen LogP contribution in [0.4, 0.5) is 11.4 Å². The minimum Gasteiger partial charge on any atom is -0.495 e. The minimum atomic E-state index is -0.155. The van der Waals surface area contributed by atoms with E-state index >= 15 is 0 Å². The van der Waals surface area contributed by atoms with Gasteiger partial charge in [-0.3, -0.25) is 4.79 Å². The molecule has 3 aromatic rings. The summed E-state index contributed by atoms with van der Waals surface area (Å²) in [6.45, 7) is 2.74. The Morgan fingerprint density at radius 3 is 2.42 bits per heavy atom. The highest BCUT2D eigenvalue weighted by Gasteiger charge is 2.11. The van der Waals surface area contributed by atoms with Crippen LogP contribution < -0.4 is 15.4 Å². The molecular formula is C22H22N2O2. The van der Waals surface area contributed by atoms with Gasteiger partial charge in [0, 0.05) is 17.8 Å². The van der Waals surface area contributed by atoms with E-state index in [4.69, 9.17) is 4.74 Å². The average Bonchev–Trinajstić information content (AvgIpc) is 2.68. The number of anilines is 2. The van der Waals surface area contributed by atoms with E-state index in [2.05, 4.69) is 29.7 Å². The van der Waals surface area contributed by atoms with Crippen LogP contribution in [0.5, 0.6) is 5.75 Å². The van der Waals surface area contributed by atoms with Crippen LogP contribution in [0.1, 0.15) is 21.5 Å². The molecule has 132 valence electrons. The Labute approximate surface area is 153 Å².